The Bertz CT molecular complexity index is 574. The third kappa shape index (κ3) is 3.19. The van der Waals surface area contributed by atoms with Gasteiger partial charge in [0.1, 0.15) is 5.60 Å². The SMILES string of the molecule is CC(C)(C)OC(=O)N1CCc2cc(NC3CC(N)C3)ccc21. The van der Waals surface area contributed by atoms with Gasteiger partial charge in [0.15, 0.2) is 0 Å². The maximum absolute atomic E-state index is 12.3. The fourth-order valence-corrected chi connectivity index (χ4v) is 3.01. The second-order valence-corrected chi connectivity index (χ2v) is 7.30. The predicted molar refractivity (Wildman–Crippen MR) is 88.3 cm³/mol. The fourth-order valence-electron chi connectivity index (χ4n) is 3.01. The van der Waals surface area contributed by atoms with Gasteiger partial charge in [0.2, 0.25) is 0 Å². The number of nitrogens with two attached hydrogens (primary N) is 1. The summed E-state index contributed by atoms with van der Waals surface area (Å²) in [6.45, 7) is 6.34. The van der Waals surface area contributed by atoms with Crippen molar-refractivity contribution in [2.24, 2.45) is 5.73 Å². The van der Waals surface area contributed by atoms with Crippen LogP contribution in [0.2, 0.25) is 0 Å². The number of carbonyl (C=O) groups excluding carboxylic acids is 1. The Balaban J connectivity index is 1.68. The summed E-state index contributed by atoms with van der Waals surface area (Å²) in [6.07, 6.45) is 2.66. The van der Waals surface area contributed by atoms with Gasteiger partial charge in [0.25, 0.3) is 0 Å². The van der Waals surface area contributed by atoms with E-state index in [0.717, 1.165) is 30.6 Å². The van der Waals surface area contributed by atoms with Crippen LogP contribution < -0.4 is 16.0 Å². The van der Waals surface area contributed by atoms with Crippen LogP contribution in [0, 0.1) is 0 Å². The minimum absolute atomic E-state index is 0.267. The molecule has 3 N–H and O–H groups in total. The van der Waals surface area contributed by atoms with Gasteiger partial charge in [-0.25, -0.2) is 4.79 Å². The van der Waals surface area contributed by atoms with E-state index in [1.54, 1.807) is 4.90 Å². The van der Waals surface area contributed by atoms with Crippen molar-refractivity contribution >= 4 is 17.5 Å². The van der Waals surface area contributed by atoms with Crippen LogP contribution in [-0.4, -0.2) is 30.3 Å². The van der Waals surface area contributed by atoms with Crippen LogP contribution in [0.25, 0.3) is 0 Å². The van der Waals surface area contributed by atoms with Crippen molar-refractivity contribution < 1.29 is 9.53 Å². The highest BCUT2D eigenvalue weighted by atomic mass is 16.6. The topological polar surface area (TPSA) is 67.6 Å². The molecule has 1 aliphatic carbocycles. The second-order valence-electron chi connectivity index (χ2n) is 7.30. The normalized spacial score (nSPS) is 23.7. The number of amides is 1. The standard InChI is InChI=1S/C17H25N3O2/c1-17(2,3)22-16(21)20-7-6-11-8-13(4-5-15(11)20)19-14-9-12(18)10-14/h4-5,8,12,14,19H,6-7,9-10,18H2,1-3H3. The van der Waals surface area contributed by atoms with E-state index in [-0.39, 0.29) is 6.09 Å². The number of anilines is 2. The molecule has 0 spiro atoms. The van der Waals surface area contributed by atoms with Crippen LogP contribution in [0.4, 0.5) is 16.2 Å². The molecule has 2 aliphatic rings. The lowest BCUT2D eigenvalue weighted by molar-refractivity contribution is 0.0584. The smallest absolute Gasteiger partial charge is 0.414 e. The van der Waals surface area contributed by atoms with Crippen molar-refractivity contribution in [3.05, 3.63) is 23.8 Å². The Hall–Kier alpha value is -1.75. The van der Waals surface area contributed by atoms with E-state index in [4.69, 9.17) is 10.5 Å². The van der Waals surface area contributed by atoms with Crippen LogP contribution in [-0.2, 0) is 11.2 Å². The van der Waals surface area contributed by atoms with Gasteiger partial charge in [-0.05, 0) is 63.8 Å². The lowest BCUT2D eigenvalue weighted by Gasteiger charge is -2.34. The molecular formula is C17H25N3O2. The largest absolute Gasteiger partial charge is 0.443 e. The van der Waals surface area contributed by atoms with Crippen molar-refractivity contribution in [1.29, 1.82) is 0 Å². The zero-order chi connectivity index (χ0) is 15.9. The Morgan fingerprint density at radius 3 is 2.73 bits per heavy atom. The van der Waals surface area contributed by atoms with E-state index in [1.807, 2.05) is 32.9 Å². The molecule has 120 valence electrons. The molecule has 0 bridgehead atoms. The van der Waals surface area contributed by atoms with Gasteiger partial charge in [-0.1, -0.05) is 0 Å². The number of hydrogen-bond acceptors (Lipinski definition) is 4. The third-order valence-corrected chi connectivity index (χ3v) is 4.13. The summed E-state index contributed by atoms with van der Waals surface area (Å²) in [5.41, 5.74) is 8.62. The molecule has 0 radical (unpaired) electrons. The first-order chi connectivity index (χ1) is 10.3. The summed E-state index contributed by atoms with van der Waals surface area (Å²) >= 11 is 0. The first-order valence-corrected chi connectivity index (χ1v) is 7.97. The van der Waals surface area contributed by atoms with Gasteiger partial charge in [-0.3, -0.25) is 4.90 Å². The van der Waals surface area contributed by atoms with E-state index >= 15 is 0 Å². The number of carbonyl (C=O) groups is 1. The first kappa shape index (κ1) is 15.2. The number of fused-ring (bicyclic) bond motifs is 1. The van der Waals surface area contributed by atoms with Crippen molar-refractivity contribution in [3.8, 4) is 0 Å². The molecule has 0 unspecified atom stereocenters. The zero-order valence-corrected chi connectivity index (χ0v) is 13.6. The van der Waals surface area contributed by atoms with E-state index < -0.39 is 5.60 Å². The maximum Gasteiger partial charge on any atom is 0.414 e. The average Bonchev–Trinajstić information content (AvgIpc) is 2.78. The molecule has 1 aliphatic heterocycles. The summed E-state index contributed by atoms with van der Waals surface area (Å²) in [5, 5.41) is 3.51. The molecule has 1 aromatic carbocycles. The van der Waals surface area contributed by atoms with Crippen LogP contribution in [0.1, 0.15) is 39.2 Å². The van der Waals surface area contributed by atoms with E-state index in [9.17, 15) is 4.79 Å². The van der Waals surface area contributed by atoms with Gasteiger partial charge < -0.3 is 15.8 Å². The Morgan fingerprint density at radius 1 is 1.36 bits per heavy atom. The molecule has 1 fully saturated rings. The Morgan fingerprint density at radius 2 is 2.09 bits per heavy atom. The quantitative estimate of drug-likeness (QED) is 0.881. The molecule has 22 heavy (non-hydrogen) atoms. The van der Waals surface area contributed by atoms with Crippen LogP contribution in [0.15, 0.2) is 18.2 Å². The highest BCUT2D eigenvalue weighted by molar-refractivity contribution is 5.91. The molecule has 5 heteroatoms. The summed E-state index contributed by atoms with van der Waals surface area (Å²) < 4.78 is 5.47. The summed E-state index contributed by atoms with van der Waals surface area (Å²) in [7, 11) is 0. The summed E-state index contributed by atoms with van der Waals surface area (Å²) in [5.74, 6) is 0. The Kier molecular flexibility index (Phi) is 3.77. The van der Waals surface area contributed by atoms with Crippen molar-refractivity contribution in [3.63, 3.8) is 0 Å². The number of rotatable bonds is 2. The van der Waals surface area contributed by atoms with Gasteiger partial charge in [-0.15, -0.1) is 0 Å². The molecule has 0 saturated heterocycles. The van der Waals surface area contributed by atoms with Gasteiger partial charge in [0, 0.05) is 24.3 Å². The number of nitrogens with zero attached hydrogens (tertiary/aromatic N) is 1. The monoisotopic (exact) mass is 303 g/mol. The third-order valence-electron chi connectivity index (χ3n) is 4.13. The molecule has 0 atom stereocenters. The van der Waals surface area contributed by atoms with Crippen molar-refractivity contribution in [1.82, 2.24) is 0 Å². The molecule has 1 saturated carbocycles. The van der Waals surface area contributed by atoms with Crippen molar-refractivity contribution in [2.75, 3.05) is 16.8 Å². The van der Waals surface area contributed by atoms with Gasteiger partial charge >= 0.3 is 6.09 Å². The zero-order valence-electron chi connectivity index (χ0n) is 13.6. The van der Waals surface area contributed by atoms with E-state index in [0.29, 0.717) is 18.6 Å². The molecule has 5 nitrogen and oxygen atoms in total. The van der Waals surface area contributed by atoms with Gasteiger partial charge in [-0.2, -0.15) is 0 Å². The number of nitrogens with one attached hydrogen (secondary N) is 1. The number of benzene rings is 1. The average molecular weight is 303 g/mol. The van der Waals surface area contributed by atoms with E-state index in [1.165, 1.54) is 5.56 Å². The maximum atomic E-state index is 12.3. The Labute approximate surface area is 131 Å². The van der Waals surface area contributed by atoms with Crippen LogP contribution >= 0.6 is 0 Å². The molecule has 1 heterocycles. The molecule has 1 amide bonds. The lowest BCUT2D eigenvalue weighted by Crippen LogP contribution is -2.44. The summed E-state index contributed by atoms with van der Waals surface area (Å²) in [4.78, 5) is 14.0. The predicted octanol–water partition coefficient (Wildman–Crippen LogP) is 2.89. The minimum atomic E-state index is -0.468. The lowest BCUT2D eigenvalue weighted by atomic mass is 9.87. The molecule has 3 rings (SSSR count). The van der Waals surface area contributed by atoms with Crippen molar-refractivity contribution in [2.45, 2.75) is 57.7 Å². The highest BCUT2D eigenvalue weighted by Crippen LogP contribution is 2.33. The number of hydrogen-bond donors (Lipinski definition) is 2. The van der Waals surface area contributed by atoms with Crippen LogP contribution in [0.5, 0.6) is 0 Å². The first-order valence-electron chi connectivity index (χ1n) is 7.97. The second kappa shape index (κ2) is 5.47. The van der Waals surface area contributed by atoms with Crippen LogP contribution in [0.3, 0.4) is 0 Å². The molecule has 0 aromatic heterocycles. The molecule has 1 aromatic rings. The fraction of sp³-hybridized carbons (Fsp3) is 0.588. The number of ether oxygens (including phenoxy) is 1. The minimum Gasteiger partial charge on any atom is -0.443 e. The van der Waals surface area contributed by atoms with Gasteiger partial charge in [0.05, 0.1) is 5.69 Å². The highest BCUT2D eigenvalue weighted by Gasteiger charge is 2.30. The molecular weight excluding hydrogens is 278 g/mol. The van der Waals surface area contributed by atoms with E-state index in [2.05, 4.69) is 11.4 Å². The summed E-state index contributed by atoms with van der Waals surface area (Å²) in [6, 6.07) is 7.01.